The van der Waals surface area contributed by atoms with Crippen LogP contribution in [0.1, 0.15) is 54.9 Å². The van der Waals surface area contributed by atoms with Gasteiger partial charge in [0.25, 0.3) is 0 Å². The molecule has 0 aliphatic rings. The lowest BCUT2D eigenvalue weighted by atomic mass is 10.0. The van der Waals surface area contributed by atoms with Crippen LogP contribution in [0, 0.1) is 11.8 Å². The van der Waals surface area contributed by atoms with Crippen molar-refractivity contribution >= 4 is 12.1 Å². The van der Waals surface area contributed by atoms with Crippen LogP contribution in [-0.2, 0) is 14.3 Å². The minimum Gasteiger partial charge on any atom is -0.464 e. The highest BCUT2D eigenvalue weighted by Crippen LogP contribution is 2.10. The molecule has 5 nitrogen and oxygen atoms in total. The number of amides is 1. The number of alkyl carbamates (subject to hydrolysis) is 1. The van der Waals surface area contributed by atoms with Crippen molar-refractivity contribution in [2.75, 3.05) is 6.61 Å². The Bertz CT molecular complexity index is 318. The molecule has 0 saturated heterocycles. The smallest absolute Gasteiger partial charge is 0.408 e. The van der Waals surface area contributed by atoms with Crippen LogP contribution in [0.3, 0.4) is 0 Å². The van der Waals surface area contributed by atoms with Gasteiger partial charge in [0.2, 0.25) is 0 Å². The third kappa shape index (κ3) is 9.64. The van der Waals surface area contributed by atoms with Gasteiger partial charge in [-0.25, -0.2) is 9.59 Å². The van der Waals surface area contributed by atoms with E-state index in [4.69, 9.17) is 9.47 Å². The van der Waals surface area contributed by atoms with Gasteiger partial charge in [-0.05, 0) is 39.0 Å². The lowest BCUT2D eigenvalue weighted by molar-refractivity contribution is -0.147. The first-order valence-electron chi connectivity index (χ1n) is 7.17. The SMILES string of the molecule is CC(C)COC(=O)C(CC(C)C)NC(=O)OC(C)(C)C. The Morgan fingerprint density at radius 2 is 1.60 bits per heavy atom. The number of nitrogens with one attached hydrogen (secondary N) is 1. The first kappa shape index (κ1) is 18.7. The summed E-state index contributed by atoms with van der Waals surface area (Å²) in [6.07, 6.45) is -0.0689. The van der Waals surface area contributed by atoms with Crippen molar-refractivity contribution in [3.8, 4) is 0 Å². The average Bonchev–Trinajstić information content (AvgIpc) is 2.21. The molecule has 0 aromatic rings. The number of ether oxygens (including phenoxy) is 2. The molecule has 0 aromatic heterocycles. The molecule has 20 heavy (non-hydrogen) atoms. The number of esters is 1. The van der Waals surface area contributed by atoms with Gasteiger partial charge in [0.05, 0.1) is 6.61 Å². The lowest BCUT2D eigenvalue weighted by Gasteiger charge is -2.24. The molecule has 118 valence electrons. The molecular formula is C15H29NO4. The average molecular weight is 287 g/mol. The van der Waals surface area contributed by atoms with Gasteiger partial charge in [0.15, 0.2) is 0 Å². The van der Waals surface area contributed by atoms with Crippen molar-refractivity contribution in [3.05, 3.63) is 0 Å². The van der Waals surface area contributed by atoms with Gasteiger partial charge >= 0.3 is 12.1 Å². The highest BCUT2D eigenvalue weighted by molar-refractivity contribution is 5.81. The molecule has 0 radical (unpaired) electrons. The number of rotatable bonds is 6. The predicted octanol–water partition coefficient (Wildman–Crippen LogP) is 3.13. The molecule has 0 heterocycles. The second-order valence-corrected chi connectivity index (χ2v) is 6.85. The van der Waals surface area contributed by atoms with Gasteiger partial charge < -0.3 is 14.8 Å². The van der Waals surface area contributed by atoms with Gasteiger partial charge in [0, 0.05) is 0 Å². The molecule has 0 fully saturated rings. The van der Waals surface area contributed by atoms with Crippen LogP contribution in [-0.4, -0.2) is 30.3 Å². The molecule has 0 spiro atoms. The summed E-state index contributed by atoms with van der Waals surface area (Å²) in [5.41, 5.74) is -0.589. The van der Waals surface area contributed by atoms with Crippen molar-refractivity contribution in [2.24, 2.45) is 11.8 Å². The largest absolute Gasteiger partial charge is 0.464 e. The normalized spacial score (nSPS) is 13.2. The van der Waals surface area contributed by atoms with E-state index in [2.05, 4.69) is 5.32 Å². The second-order valence-electron chi connectivity index (χ2n) is 6.85. The van der Waals surface area contributed by atoms with Gasteiger partial charge in [0.1, 0.15) is 11.6 Å². The van der Waals surface area contributed by atoms with Crippen LogP contribution in [0.2, 0.25) is 0 Å². The molecule has 0 aliphatic heterocycles. The van der Waals surface area contributed by atoms with E-state index in [9.17, 15) is 9.59 Å². The fourth-order valence-corrected chi connectivity index (χ4v) is 1.48. The highest BCUT2D eigenvalue weighted by Gasteiger charge is 2.26. The van der Waals surface area contributed by atoms with E-state index in [0.717, 1.165) is 0 Å². The molecule has 0 aromatic carbocycles. The van der Waals surface area contributed by atoms with Crippen LogP contribution in [0.5, 0.6) is 0 Å². The molecule has 0 aliphatic carbocycles. The summed E-state index contributed by atoms with van der Waals surface area (Å²) in [5.74, 6) is 0.125. The molecule has 1 amide bonds. The zero-order valence-electron chi connectivity index (χ0n) is 13.8. The van der Waals surface area contributed by atoms with Gasteiger partial charge in [-0.3, -0.25) is 0 Å². The fraction of sp³-hybridized carbons (Fsp3) is 0.867. The molecule has 1 unspecified atom stereocenters. The Kier molecular flexibility index (Phi) is 7.61. The topological polar surface area (TPSA) is 64.6 Å². The summed E-state index contributed by atoms with van der Waals surface area (Å²) in [6.45, 7) is 13.6. The van der Waals surface area contributed by atoms with E-state index in [-0.39, 0.29) is 11.8 Å². The first-order valence-corrected chi connectivity index (χ1v) is 7.17. The summed E-state index contributed by atoms with van der Waals surface area (Å²) in [6, 6.07) is -0.663. The summed E-state index contributed by atoms with van der Waals surface area (Å²) < 4.78 is 10.4. The predicted molar refractivity (Wildman–Crippen MR) is 78.4 cm³/mol. The van der Waals surface area contributed by atoms with Gasteiger partial charge in [-0.15, -0.1) is 0 Å². The van der Waals surface area contributed by atoms with Crippen molar-refractivity contribution in [2.45, 2.75) is 66.5 Å². The second kappa shape index (κ2) is 8.12. The van der Waals surface area contributed by atoms with Crippen molar-refractivity contribution in [1.82, 2.24) is 5.32 Å². The minimum atomic E-state index is -0.663. The Balaban J connectivity index is 4.55. The maximum absolute atomic E-state index is 12.0. The zero-order chi connectivity index (χ0) is 15.9. The lowest BCUT2D eigenvalue weighted by Crippen LogP contribution is -2.45. The van der Waals surface area contributed by atoms with E-state index < -0.39 is 23.7 Å². The fourth-order valence-electron chi connectivity index (χ4n) is 1.48. The number of carbonyl (C=O) groups is 2. The van der Waals surface area contributed by atoms with Crippen molar-refractivity contribution in [1.29, 1.82) is 0 Å². The van der Waals surface area contributed by atoms with E-state index in [1.54, 1.807) is 20.8 Å². The van der Waals surface area contributed by atoms with Crippen LogP contribution in [0.25, 0.3) is 0 Å². The number of carbonyl (C=O) groups excluding carboxylic acids is 2. The summed E-state index contributed by atoms with van der Waals surface area (Å²) in [7, 11) is 0. The Morgan fingerprint density at radius 1 is 1.05 bits per heavy atom. The van der Waals surface area contributed by atoms with Crippen LogP contribution < -0.4 is 5.32 Å². The monoisotopic (exact) mass is 287 g/mol. The first-order chi connectivity index (χ1) is 9.01. The van der Waals surface area contributed by atoms with Gasteiger partial charge in [-0.1, -0.05) is 27.7 Å². The third-order valence-corrected chi connectivity index (χ3v) is 2.24. The van der Waals surface area contributed by atoms with Gasteiger partial charge in [-0.2, -0.15) is 0 Å². The number of hydrogen-bond donors (Lipinski definition) is 1. The van der Waals surface area contributed by atoms with E-state index in [0.29, 0.717) is 13.0 Å². The minimum absolute atomic E-state index is 0.264. The number of hydrogen-bond acceptors (Lipinski definition) is 4. The zero-order valence-corrected chi connectivity index (χ0v) is 13.8. The van der Waals surface area contributed by atoms with E-state index in [1.165, 1.54) is 0 Å². The summed E-state index contributed by atoms with van der Waals surface area (Å²) in [5, 5.41) is 2.59. The molecule has 0 saturated carbocycles. The highest BCUT2D eigenvalue weighted by atomic mass is 16.6. The molecule has 1 atom stereocenters. The molecule has 5 heteroatoms. The van der Waals surface area contributed by atoms with E-state index in [1.807, 2.05) is 27.7 Å². The van der Waals surface area contributed by atoms with Crippen LogP contribution in [0.4, 0.5) is 4.79 Å². The molecule has 0 bridgehead atoms. The maximum Gasteiger partial charge on any atom is 0.408 e. The third-order valence-electron chi connectivity index (χ3n) is 2.24. The Morgan fingerprint density at radius 3 is 2.00 bits per heavy atom. The van der Waals surface area contributed by atoms with Crippen LogP contribution >= 0.6 is 0 Å². The van der Waals surface area contributed by atoms with E-state index >= 15 is 0 Å². The van der Waals surface area contributed by atoms with Crippen molar-refractivity contribution < 1.29 is 19.1 Å². The Labute approximate surface area is 122 Å². The Hall–Kier alpha value is -1.26. The quantitative estimate of drug-likeness (QED) is 0.762. The maximum atomic E-state index is 12.0. The standard InChI is InChI=1S/C15H29NO4/c1-10(2)8-12(13(17)19-9-11(3)4)16-14(18)20-15(5,6)7/h10-12H,8-9H2,1-7H3,(H,16,18). The van der Waals surface area contributed by atoms with Crippen molar-refractivity contribution in [3.63, 3.8) is 0 Å². The molecule has 0 rings (SSSR count). The van der Waals surface area contributed by atoms with Crippen LogP contribution in [0.15, 0.2) is 0 Å². The molecule has 1 N–H and O–H groups in total. The summed E-state index contributed by atoms with van der Waals surface area (Å²) >= 11 is 0. The summed E-state index contributed by atoms with van der Waals surface area (Å²) in [4.78, 5) is 23.7. The molecular weight excluding hydrogens is 258 g/mol.